The normalized spacial score (nSPS) is 21.5. The molecule has 3 heteroatoms. The molecule has 1 unspecified atom stereocenters. The Balaban J connectivity index is 2.53. The number of carbonyl (C=O) groups is 1. The molecule has 1 rings (SSSR count). The molecule has 15 heavy (non-hydrogen) atoms. The Morgan fingerprint density at radius 1 is 1.33 bits per heavy atom. The lowest BCUT2D eigenvalue weighted by Crippen LogP contribution is -2.59. The Bertz CT molecular complexity index is 236. The van der Waals surface area contributed by atoms with Crippen molar-refractivity contribution in [2.24, 2.45) is 17.3 Å². The number of nitrogens with zero attached hydrogens (tertiary/aromatic N) is 1. The molecule has 0 saturated carbocycles. The van der Waals surface area contributed by atoms with Crippen molar-refractivity contribution in [1.82, 2.24) is 4.90 Å². The van der Waals surface area contributed by atoms with Crippen LogP contribution in [0.5, 0.6) is 0 Å². The minimum absolute atomic E-state index is 0.184. The highest BCUT2D eigenvalue weighted by Gasteiger charge is 2.42. The summed E-state index contributed by atoms with van der Waals surface area (Å²) in [6.45, 7) is 12.5. The van der Waals surface area contributed by atoms with E-state index in [9.17, 15) is 4.79 Å². The molecular formula is C12H23NO2. The molecular weight excluding hydrogens is 190 g/mol. The van der Waals surface area contributed by atoms with Crippen molar-refractivity contribution in [3.8, 4) is 0 Å². The van der Waals surface area contributed by atoms with Gasteiger partial charge in [0, 0.05) is 13.1 Å². The predicted octanol–water partition coefficient (Wildman–Crippen LogP) is 2.07. The van der Waals surface area contributed by atoms with Crippen molar-refractivity contribution in [1.29, 1.82) is 0 Å². The molecule has 1 aliphatic rings. The van der Waals surface area contributed by atoms with E-state index in [1.165, 1.54) is 0 Å². The van der Waals surface area contributed by atoms with Crippen LogP contribution in [-0.4, -0.2) is 35.1 Å². The summed E-state index contributed by atoms with van der Waals surface area (Å²) in [6.07, 6.45) is 0. The van der Waals surface area contributed by atoms with Crippen LogP contribution in [0.25, 0.3) is 0 Å². The molecule has 0 spiro atoms. The van der Waals surface area contributed by atoms with Crippen LogP contribution in [-0.2, 0) is 4.79 Å². The lowest BCUT2D eigenvalue weighted by atomic mass is 9.75. The average Bonchev–Trinajstić information content (AvgIpc) is 1.90. The van der Waals surface area contributed by atoms with Crippen molar-refractivity contribution in [3.63, 3.8) is 0 Å². The first-order valence-electron chi connectivity index (χ1n) is 5.70. The zero-order valence-corrected chi connectivity index (χ0v) is 10.4. The second-order valence-electron chi connectivity index (χ2n) is 6.04. The van der Waals surface area contributed by atoms with Gasteiger partial charge >= 0.3 is 5.97 Å². The van der Waals surface area contributed by atoms with Gasteiger partial charge < -0.3 is 5.11 Å². The third-order valence-corrected chi connectivity index (χ3v) is 3.41. The molecule has 0 aromatic carbocycles. The molecule has 3 nitrogen and oxygen atoms in total. The molecule has 0 radical (unpaired) electrons. The molecule has 0 aromatic heterocycles. The minimum Gasteiger partial charge on any atom is -0.480 e. The maximum atomic E-state index is 11.1. The van der Waals surface area contributed by atoms with Gasteiger partial charge in [0.25, 0.3) is 0 Å². The van der Waals surface area contributed by atoms with Gasteiger partial charge in [-0.05, 0) is 17.3 Å². The number of carboxylic acids is 1. The summed E-state index contributed by atoms with van der Waals surface area (Å²) in [6, 6.07) is -0.302. The summed E-state index contributed by atoms with van der Waals surface area (Å²) in [5.41, 5.74) is 0.302. The second kappa shape index (κ2) is 4.12. The molecule has 1 aliphatic heterocycles. The third-order valence-electron chi connectivity index (χ3n) is 3.41. The van der Waals surface area contributed by atoms with Crippen LogP contribution in [0, 0.1) is 17.3 Å². The van der Waals surface area contributed by atoms with E-state index >= 15 is 0 Å². The van der Waals surface area contributed by atoms with Gasteiger partial charge in [0.15, 0.2) is 0 Å². The fourth-order valence-corrected chi connectivity index (χ4v) is 2.15. The van der Waals surface area contributed by atoms with Crippen molar-refractivity contribution in [2.45, 2.75) is 40.7 Å². The van der Waals surface area contributed by atoms with Crippen LogP contribution in [0.15, 0.2) is 0 Å². The average molecular weight is 213 g/mol. The second-order valence-corrected chi connectivity index (χ2v) is 6.04. The number of hydrogen-bond donors (Lipinski definition) is 1. The molecule has 1 atom stereocenters. The van der Waals surface area contributed by atoms with Gasteiger partial charge in [-0.1, -0.05) is 34.6 Å². The fraction of sp³-hybridized carbons (Fsp3) is 0.917. The summed E-state index contributed by atoms with van der Waals surface area (Å²) in [4.78, 5) is 13.2. The van der Waals surface area contributed by atoms with Gasteiger partial charge in [0.05, 0.1) is 0 Å². The number of carboxylic acid groups (broad SMARTS) is 1. The van der Waals surface area contributed by atoms with Gasteiger partial charge in [-0.25, -0.2) is 0 Å². The quantitative estimate of drug-likeness (QED) is 0.780. The van der Waals surface area contributed by atoms with Gasteiger partial charge in [0.1, 0.15) is 6.04 Å². The van der Waals surface area contributed by atoms with E-state index in [0.29, 0.717) is 11.3 Å². The fourth-order valence-electron chi connectivity index (χ4n) is 2.15. The molecule has 0 bridgehead atoms. The molecule has 1 fully saturated rings. The Hall–Kier alpha value is -0.570. The van der Waals surface area contributed by atoms with E-state index in [1.807, 2.05) is 13.8 Å². The van der Waals surface area contributed by atoms with Crippen LogP contribution < -0.4 is 0 Å². The lowest BCUT2D eigenvalue weighted by Gasteiger charge is -2.49. The van der Waals surface area contributed by atoms with Crippen LogP contribution >= 0.6 is 0 Å². The molecule has 88 valence electrons. The predicted molar refractivity (Wildman–Crippen MR) is 60.8 cm³/mol. The molecule has 1 saturated heterocycles. The van der Waals surface area contributed by atoms with E-state index < -0.39 is 5.97 Å². The highest BCUT2D eigenvalue weighted by molar-refractivity contribution is 5.74. The van der Waals surface area contributed by atoms with Gasteiger partial charge in [-0.2, -0.15) is 0 Å². The monoisotopic (exact) mass is 213 g/mol. The SMILES string of the molecule is CC(C)C(C(=O)O)N1CC(C(C)(C)C)C1. The molecule has 0 aromatic rings. The summed E-state index contributed by atoms with van der Waals surface area (Å²) in [7, 11) is 0. The van der Waals surface area contributed by atoms with Crippen molar-refractivity contribution >= 4 is 5.97 Å². The van der Waals surface area contributed by atoms with E-state index in [4.69, 9.17) is 5.11 Å². The Morgan fingerprint density at radius 3 is 2.07 bits per heavy atom. The number of aliphatic carboxylic acids is 1. The Kier molecular flexibility index (Phi) is 3.44. The van der Waals surface area contributed by atoms with Crippen LogP contribution in [0.3, 0.4) is 0 Å². The Morgan fingerprint density at radius 2 is 1.80 bits per heavy atom. The lowest BCUT2D eigenvalue weighted by molar-refractivity contribution is -0.150. The van der Waals surface area contributed by atoms with E-state index in [2.05, 4.69) is 25.7 Å². The maximum Gasteiger partial charge on any atom is 0.321 e. The minimum atomic E-state index is -0.683. The number of rotatable bonds is 3. The molecule has 0 amide bonds. The summed E-state index contributed by atoms with van der Waals surface area (Å²) in [5, 5.41) is 9.13. The maximum absolute atomic E-state index is 11.1. The van der Waals surface area contributed by atoms with Crippen molar-refractivity contribution < 1.29 is 9.90 Å². The highest BCUT2D eigenvalue weighted by atomic mass is 16.4. The standard InChI is InChI=1S/C12H23NO2/c1-8(2)10(11(14)15)13-6-9(7-13)12(3,4)5/h8-10H,6-7H2,1-5H3,(H,14,15). The first kappa shape index (κ1) is 12.5. The summed E-state index contributed by atoms with van der Waals surface area (Å²) >= 11 is 0. The van der Waals surface area contributed by atoms with E-state index in [-0.39, 0.29) is 12.0 Å². The van der Waals surface area contributed by atoms with Crippen molar-refractivity contribution in [3.05, 3.63) is 0 Å². The molecule has 1 N–H and O–H groups in total. The van der Waals surface area contributed by atoms with Gasteiger partial charge in [-0.3, -0.25) is 9.69 Å². The summed E-state index contributed by atoms with van der Waals surface area (Å²) in [5.74, 6) is 0.138. The molecule has 1 heterocycles. The van der Waals surface area contributed by atoms with Crippen molar-refractivity contribution in [2.75, 3.05) is 13.1 Å². The highest BCUT2D eigenvalue weighted by Crippen LogP contribution is 2.35. The zero-order valence-electron chi connectivity index (χ0n) is 10.4. The Labute approximate surface area is 92.5 Å². The van der Waals surface area contributed by atoms with Crippen LogP contribution in [0.1, 0.15) is 34.6 Å². The number of likely N-dealkylation sites (tertiary alicyclic amines) is 1. The van der Waals surface area contributed by atoms with Crippen LogP contribution in [0.2, 0.25) is 0 Å². The third kappa shape index (κ3) is 2.71. The van der Waals surface area contributed by atoms with Gasteiger partial charge in [-0.15, -0.1) is 0 Å². The zero-order chi connectivity index (χ0) is 11.8. The smallest absolute Gasteiger partial charge is 0.321 e. The van der Waals surface area contributed by atoms with E-state index in [0.717, 1.165) is 13.1 Å². The van der Waals surface area contributed by atoms with Crippen LogP contribution in [0.4, 0.5) is 0 Å². The van der Waals surface area contributed by atoms with E-state index in [1.54, 1.807) is 0 Å². The number of hydrogen-bond acceptors (Lipinski definition) is 2. The molecule has 0 aliphatic carbocycles. The largest absolute Gasteiger partial charge is 0.480 e. The summed E-state index contributed by atoms with van der Waals surface area (Å²) < 4.78 is 0. The first-order valence-corrected chi connectivity index (χ1v) is 5.70. The van der Waals surface area contributed by atoms with Gasteiger partial charge in [0.2, 0.25) is 0 Å². The topological polar surface area (TPSA) is 40.5 Å². The first-order chi connectivity index (χ1) is 6.73.